The summed E-state index contributed by atoms with van der Waals surface area (Å²) in [5.74, 6) is 0.683. The molecule has 0 N–H and O–H groups in total. The zero-order chi connectivity index (χ0) is 45.0. The SMILES string of the molecule is c1ccc(-c2cc(-c3cc(-c4cccc(-c5ccc6c(c5)C(c5ccccc5)(c5ccccc5)c5ccccc5-6)c4)cc(-c4ccc5oc6ccccc6c5c4)c3)nc(-c3ccccc3)n2)cc1. The van der Waals surface area contributed by atoms with Crippen molar-refractivity contribution in [3.05, 3.63) is 277 Å². The second-order valence-electron chi connectivity index (χ2n) is 17.7. The third-order valence-electron chi connectivity index (χ3n) is 13.8. The number of benzene rings is 10. The predicted molar refractivity (Wildman–Crippen MR) is 279 cm³/mol. The molecule has 0 saturated heterocycles. The number of hydrogen-bond acceptors (Lipinski definition) is 3. The van der Waals surface area contributed by atoms with Crippen LogP contribution < -0.4 is 0 Å². The zero-order valence-electron chi connectivity index (χ0n) is 37.1. The molecule has 10 aromatic carbocycles. The average Bonchev–Trinajstić information content (AvgIpc) is 3.95. The summed E-state index contributed by atoms with van der Waals surface area (Å²) in [6.07, 6.45) is 0. The van der Waals surface area contributed by atoms with E-state index in [1.165, 1.54) is 38.9 Å². The van der Waals surface area contributed by atoms with Crippen molar-refractivity contribution in [1.29, 1.82) is 0 Å². The topological polar surface area (TPSA) is 38.9 Å². The molecule has 13 rings (SSSR count). The van der Waals surface area contributed by atoms with E-state index in [0.29, 0.717) is 5.82 Å². The van der Waals surface area contributed by atoms with Crippen LogP contribution in [0.4, 0.5) is 0 Å². The first-order valence-corrected chi connectivity index (χ1v) is 23.2. The minimum absolute atomic E-state index is 0.485. The van der Waals surface area contributed by atoms with E-state index in [-0.39, 0.29) is 0 Å². The highest BCUT2D eigenvalue weighted by atomic mass is 16.3. The van der Waals surface area contributed by atoms with Gasteiger partial charge in [-0.1, -0.05) is 200 Å². The van der Waals surface area contributed by atoms with Crippen LogP contribution in [0.5, 0.6) is 0 Å². The Morgan fingerprint density at radius 1 is 0.279 bits per heavy atom. The van der Waals surface area contributed by atoms with E-state index in [2.05, 4.69) is 218 Å². The van der Waals surface area contributed by atoms with Crippen LogP contribution in [0.25, 0.3) is 100 Å². The van der Waals surface area contributed by atoms with Gasteiger partial charge in [0, 0.05) is 27.5 Å². The van der Waals surface area contributed by atoms with Crippen LogP contribution in [-0.4, -0.2) is 9.97 Å². The van der Waals surface area contributed by atoms with Gasteiger partial charge in [0.1, 0.15) is 11.2 Å². The van der Waals surface area contributed by atoms with Gasteiger partial charge in [-0.2, -0.15) is 0 Å². The third-order valence-corrected chi connectivity index (χ3v) is 13.8. The minimum Gasteiger partial charge on any atom is -0.456 e. The molecule has 0 atom stereocenters. The number of nitrogens with zero attached hydrogens (tertiary/aromatic N) is 2. The molecule has 2 aromatic heterocycles. The molecule has 3 heteroatoms. The Labute approximate surface area is 395 Å². The molecule has 2 heterocycles. The van der Waals surface area contributed by atoms with Crippen LogP contribution >= 0.6 is 0 Å². The van der Waals surface area contributed by atoms with Crippen molar-refractivity contribution in [2.75, 3.05) is 0 Å². The summed E-state index contributed by atoms with van der Waals surface area (Å²) < 4.78 is 6.29. The lowest BCUT2D eigenvalue weighted by Crippen LogP contribution is -2.28. The maximum Gasteiger partial charge on any atom is 0.160 e. The highest BCUT2D eigenvalue weighted by Gasteiger charge is 2.46. The van der Waals surface area contributed by atoms with Crippen LogP contribution in [-0.2, 0) is 5.41 Å². The summed E-state index contributed by atoms with van der Waals surface area (Å²) in [5, 5.41) is 2.19. The van der Waals surface area contributed by atoms with Crippen molar-refractivity contribution in [2.45, 2.75) is 5.41 Å². The average molecular weight is 867 g/mol. The first-order chi connectivity index (χ1) is 33.7. The summed E-state index contributed by atoms with van der Waals surface area (Å²) in [7, 11) is 0. The van der Waals surface area contributed by atoms with Crippen LogP contribution in [0.3, 0.4) is 0 Å². The minimum atomic E-state index is -0.485. The maximum absolute atomic E-state index is 6.29. The highest BCUT2D eigenvalue weighted by molar-refractivity contribution is 6.06. The molecule has 318 valence electrons. The Hall–Kier alpha value is -8.92. The molecule has 12 aromatic rings. The van der Waals surface area contributed by atoms with Gasteiger partial charge in [-0.15, -0.1) is 0 Å². The number of aromatic nitrogens is 2. The lowest BCUT2D eigenvalue weighted by molar-refractivity contribution is 0.669. The highest BCUT2D eigenvalue weighted by Crippen LogP contribution is 2.56. The fourth-order valence-corrected chi connectivity index (χ4v) is 10.6. The van der Waals surface area contributed by atoms with Gasteiger partial charge in [-0.05, 0) is 121 Å². The van der Waals surface area contributed by atoms with Gasteiger partial charge in [-0.3, -0.25) is 0 Å². The van der Waals surface area contributed by atoms with Crippen molar-refractivity contribution in [2.24, 2.45) is 0 Å². The van der Waals surface area contributed by atoms with Crippen LogP contribution in [0.15, 0.2) is 259 Å². The number of rotatable bonds is 8. The Balaban J connectivity index is 0.997. The van der Waals surface area contributed by atoms with Crippen molar-refractivity contribution in [3.8, 4) is 78.4 Å². The van der Waals surface area contributed by atoms with Crippen LogP contribution in [0, 0.1) is 0 Å². The van der Waals surface area contributed by atoms with Crippen LogP contribution in [0.1, 0.15) is 22.3 Å². The first kappa shape index (κ1) is 39.4. The Bertz CT molecular complexity index is 3740. The van der Waals surface area contributed by atoms with Gasteiger partial charge >= 0.3 is 0 Å². The molecule has 0 bridgehead atoms. The molecule has 0 amide bonds. The molecule has 0 radical (unpaired) electrons. The second kappa shape index (κ2) is 16.2. The molecule has 68 heavy (non-hydrogen) atoms. The van der Waals surface area contributed by atoms with E-state index in [1.54, 1.807) is 0 Å². The van der Waals surface area contributed by atoms with E-state index in [1.807, 2.05) is 36.4 Å². The van der Waals surface area contributed by atoms with Gasteiger partial charge in [0.25, 0.3) is 0 Å². The van der Waals surface area contributed by atoms with Crippen LogP contribution in [0.2, 0.25) is 0 Å². The summed E-state index contributed by atoms with van der Waals surface area (Å²) in [4.78, 5) is 10.4. The lowest BCUT2D eigenvalue weighted by atomic mass is 9.67. The monoisotopic (exact) mass is 866 g/mol. The number of para-hydroxylation sites is 1. The predicted octanol–water partition coefficient (Wildman–Crippen LogP) is 16.7. The largest absolute Gasteiger partial charge is 0.456 e. The summed E-state index contributed by atoms with van der Waals surface area (Å²) in [5.41, 5.74) is 20.3. The van der Waals surface area contributed by atoms with Gasteiger partial charge in [0.15, 0.2) is 5.82 Å². The van der Waals surface area contributed by atoms with E-state index in [9.17, 15) is 0 Å². The Morgan fingerprint density at radius 2 is 0.765 bits per heavy atom. The van der Waals surface area contributed by atoms with E-state index < -0.39 is 5.41 Å². The Morgan fingerprint density at radius 3 is 1.49 bits per heavy atom. The molecular weight excluding hydrogens is 825 g/mol. The smallest absolute Gasteiger partial charge is 0.160 e. The number of hydrogen-bond donors (Lipinski definition) is 0. The van der Waals surface area contributed by atoms with Gasteiger partial charge in [0.2, 0.25) is 0 Å². The van der Waals surface area contributed by atoms with Crippen molar-refractivity contribution >= 4 is 21.9 Å². The summed E-state index contributed by atoms with van der Waals surface area (Å²) in [6.45, 7) is 0. The van der Waals surface area contributed by atoms with Crippen molar-refractivity contribution in [3.63, 3.8) is 0 Å². The zero-order valence-corrected chi connectivity index (χ0v) is 37.1. The molecule has 0 spiro atoms. The van der Waals surface area contributed by atoms with Gasteiger partial charge in [-0.25, -0.2) is 9.97 Å². The fraction of sp³-hybridized carbons (Fsp3) is 0.0154. The second-order valence-corrected chi connectivity index (χ2v) is 17.7. The molecule has 3 nitrogen and oxygen atoms in total. The summed E-state index contributed by atoms with van der Waals surface area (Å²) >= 11 is 0. The van der Waals surface area contributed by atoms with Crippen molar-refractivity contribution < 1.29 is 4.42 Å². The fourth-order valence-electron chi connectivity index (χ4n) is 10.6. The quantitative estimate of drug-likeness (QED) is 0.153. The van der Waals surface area contributed by atoms with E-state index >= 15 is 0 Å². The van der Waals surface area contributed by atoms with Crippen molar-refractivity contribution in [1.82, 2.24) is 9.97 Å². The van der Waals surface area contributed by atoms with E-state index in [0.717, 1.165) is 77.8 Å². The van der Waals surface area contributed by atoms with Gasteiger partial charge in [0.05, 0.1) is 16.8 Å². The molecule has 0 unspecified atom stereocenters. The molecule has 0 fully saturated rings. The number of furan rings is 1. The van der Waals surface area contributed by atoms with Gasteiger partial charge < -0.3 is 4.42 Å². The maximum atomic E-state index is 6.29. The molecule has 0 aliphatic heterocycles. The number of fused-ring (bicyclic) bond motifs is 6. The normalized spacial score (nSPS) is 12.5. The molecule has 1 aliphatic carbocycles. The molecule has 1 aliphatic rings. The first-order valence-electron chi connectivity index (χ1n) is 23.2. The molecular formula is C65H42N2O. The van der Waals surface area contributed by atoms with E-state index in [4.69, 9.17) is 14.4 Å². The lowest BCUT2D eigenvalue weighted by Gasteiger charge is -2.34. The molecule has 0 saturated carbocycles. The Kier molecular flexibility index (Phi) is 9.40. The third kappa shape index (κ3) is 6.59. The summed E-state index contributed by atoms with van der Waals surface area (Å²) in [6, 6.07) is 91.5. The standard InChI is InChI=1S/C65H42N2O/c1-5-18-43(19-6-1)60-42-61(67-64(66-60)44-20-7-2-8-21-44)51-38-49(37-50(39-51)47-33-35-63-57(40-47)56-29-14-16-31-62(56)68-63)46-23-17-22-45(36-46)48-32-34-55-54-28-13-15-30-58(54)65(59(55)41-48,52-24-9-3-10-25-52)53-26-11-4-12-27-53/h1-42H.